The molecule has 0 spiro atoms. The average Bonchev–Trinajstić information content (AvgIpc) is 3.09. The van der Waals surface area contributed by atoms with Crippen molar-refractivity contribution in [2.45, 2.75) is 58.5 Å². The molecule has 0 saturated carbocycles. The molecule has 6 nitrogen and oxygen atoms in total. The summed E-state index contributed by atoms with van der Waals surface area (Å²) >= 11 is 0. The van der Waals surface area contributed by atoms with E-state index < -0.39 is 5.60 Å². The van der Waals surface area contributed by atoms with E-state index in [9.17, 15) is 4.79 Å². The van der Waals surface area contributed by atoms with Gasteiger partial charge in [-0.2, -0.15) is 0 Å². The van der Waals surface area contributed by atoms with Crippen molar-refractivity contribution in [1.29, 1.82) is 0 Å². The van der Waals surface area contributed by atoms with E-state index in [4.69, 9.17) is 4.74 Å². The van der Waals surface area contributed by atoms with E-state index in [1.54, 1.807) is 0 Å². The minimum atomic E-state index is -0.472. The third-order valence-electron chi connectivity index (χ3n) is 4.57. The lowest BCUT2D eigenvalue weighted by Crippen LogP contribution is -2.42. The van der Waals surface area contributed by atoms with Crippen molar-refractivity contribution >= 4 is 6.09 Å². The molecule has 1 fully saturated rings. The fourth-order valence-electron chi connectivity index (χ4n) is 3.35. The number of amides is 1. The Kier molecular flexibility index (Phi) is 5.30. The molecular formula is C20H28N4O2. The molecule has 1 amide bonds. The summed E-state index contributed by atoms with van der Waals surface area (Å²) in [5, 5.41) is 0. The molecule has 0 N–H and O–H groups in total. The average molecular weight is 356 g/mol. The highest BCUT2D eigenvalue weighted by atomic mass is 16.6. The normalized spacial score (nSPS) is 18.0. The van der Waals surface area contributed by atoms with Crippen LogP contribution in [0.25, 0.3) is 5.69 Å². The highest BCUT2D eigenvalue weighted by molar-refractivity contribution is 5.68. The van der Waals surface area contributed by atoms with Gasteiger partial charge in [0.05, 0.1) is 5.69 Å². The summed E-state index contributed by atoms with van der Waals surface area (Å²) in [5.74, 6) is 1.26. The van der Waals surface area contributed by atoms with Crippen LogP contribution >= 0.6 is 0 Å². The Morgan fingerprint density at radius 3 is 2.85 bits per heavy atom. The number of aromatic nitrogens is 3. The van der Waals surface area contributed by atoms with E-state index in [1.165, 1.54) is 0 Å². The molecule has 1 aliphatic rings. The van der Waals surface area contributed by atoms with E-state index in [0.29, 0.717) is 6.54 Å². The second-order valence-electron chi connectivity index (χ2n) is 7.77. The first-order valence-electron chi connectivity index (χ1n) is 9.34. The van der Waals surface area contributed by atoms with Crippen LogP contribution in [0, 0.1) is 0 Å². The van der Waals surface area contributed by atoms with E-state index in [1.807, 2.05) is 50.3 Å². The number of carbonyl (C=O) groups excluding carboxylic acids is 1. The monoisotopic (exact) mass is 356 g/mol. The Balaban J connectivity index is 1.77. The van der Waals surface area contributed by atoms with Gasteiger partial charge in [-0.3, -0.25) is 4.98 Å². The van der Waals surface area contributed by atoms with Crippen LogP contribution in [-0.4, -0.2) is 44.2 Å². The Hall–Kier alpha value is -2.37. The zero-order valence-electron chi connectivity index (χ0n) is 16.1. The van der Waals surface area contributed by atoms with E-state index in [-0.39, 0.29) is 12.0 Å². The van der Waals surface area contributed by atoms with Gasteiger partial charge in [0.15, 0.2) is 0 Å². The third-order valence-corrected chi connectivity index (χ3v) is 4.57. The maximum absolute atomic E-state index is 12.4. The van der Waals surface area contributed by atoms with Crippen LogP contribution in [0.4, 0.5) is 4.79 Å². The molecule has 0 aromatic carbocycles. The number of carbonyl (C=O) groups is 1. The molecular weight excluding hydrogens is 328 g/mol. The van der Waals surface area contributed by atoms with Crippen molar-refractivity contribution in [2.24, 2.45) is 0 Å². The van der Waals surface area contributed by atoms with Crippen LogP contribution in [0.3, 0.4) is 0 Å². The summed E-state index contributed by atoms with van der Waals surface area (Å²) < 4.78 is 7.63. The summed E-state index contributed by atoms with van der Waals surface area (Å²) in [6.07, 6.45) is 8.27. The van der Waals surface area contributed by atoms with Crippen LogP contribution in [-0.2, 0) is 11.2 Å². The molecule has 3 heterocycles. The number of aryl methyl sites for hydroxylation is 1. The Morgan fingerprint density at radius 2 is 2.12 bits per heavy atom. The maximum Gasteiger partial charge on any atom is 0.410 e. The van der Waals surface area contributed by atoms with Crippen LogP contribution in [0.1, 0.15) is 58.0 Å². The SMILES string of the molecule is CCc1nccn1-c1ccnc([C@H]2CCCN(C(=O)OC(C)(C)C)C2)c1. The predicted octanol–water partition coefficient (Wildman–Crippen LogP) is 3.94. The van der Waals surface area contributed by atoms with Gasteiger partial charge in [0, 0.05) is 49.7 Å². The maximum atomic E-state index is 12.4. The first kappa shape index (κ1) is 18.4. The van der Waals surface area contributed by atoms with Crippen LogP contribution in [0.2, 0.25) is 0 Å². The fourth-order valence-corrected chi connectivity index (χ4v) is 3.35. The Bertz CT molecular complexity index is 763. The number of rotatable bonds is 3. The smallest absolute Gasteiger partial charge is 0.410 e. The topological polar surface area (TPSA) is 60.2 Å². The molecule has 1 atom stereocenters. The van der Waals surface area contributed by atoms with Crippen molar-refractivity contribution in [3.8, 4) is 5.69 Å². The molecule has 0 radical (unpaired) electrons. The molecule has 1 saturated heterocycles. The molecule has 0 aliphatic carbocycles. The third kappa shape index (κ3) is 4.23. The molecule has 3 rings (SSSR count). The van der Waals surface area contributed by atoms with E-state index in [2.05, 4.69) is 27.5 Å². The largest absolute Gasteiger partial charge is 0.444 e. The number of piperidine rings is 1. The molecule has 2 aromatic rings. The van der Waals surface area contributed by atoms with Crippen LogP contribution in [0.15, 0.2) is 30.7 Å². The first-order valence-corrected chi connectivity index (χ1v) is 9.34. The highest BCUT2D eigenvalue weighted by Crippen LogP contribution is 2.28. The molecule has 2 aromatic heterocycles. The van der Waals surface area contributed by atoms with E-state index >= 15 is 0 Å². The van der Waals surface area contributed by atoms with Crippen LogP contribution < -0.4 is 0 Å². The number of ether oxygens (including phenoxy) is 1. The molecule has 0 unspecified atom stereocenters. The van der Waals surface area contributed by atoms with Crippen molar-refractivity contribution in [1.82, 2.24) is 19.4 Å². The van der Waals surface area contributed by atoms with Gasteiger partial charge in [0.25, 0.3) is 0 Å². The van der Waals surface area contributed by atoms with Gasteiger partial charge >= 0.3 is 6.09 Å². The van der Waals surface area contributed by atoms with Crippen molar-refractivity contribution < 1.29 is 9.53 Å². The zero-order chi connectivity index (χ0) is 18.7. The van der Waals surface area contributed by atoms with Crippen LogP contribution in [0.5, 0.6) is 0 Å². The predicted molar refractivity (Wildman–Crippen MR) is 101 cm³/mol. The second-order valence-corrected chi connectivity index (χ2v) is 7.77. The summed E-state index contributed by atoms with van der Waals surface area (Å²) in [7, 11) is 0. The molecule has 6 heteroatoms. The highest BCUT2D eigenvalue weighted by Gasteiger charge is 2.29. The van der Waals surface area contributed by atoms with Gasteiger partial charge in [-0.15, -0.1) is 0 Å². The number of imidazole rings is 1. The van der Waals surface area contributed by atoms with Gasteiger partial charge in [0.2, 0.25) is 0 Å². The van der Waals surface area contributed by atoms with Gasteiger partial charge in [-0.25, -0.2) is 9.78 Å². The second kappa shape index (κ2) is 7.48. The zero-order valence-corrected chi connectivity index (χ0v) is 16.1. The molecule has 0 bridgehead atoms. The Labute approximate surface area is 155 Å². The quantitative estimate of drug-likeness (QED) is 0.836. The molecule has 140 valence electrons. The summed E-state index contributed by atoms with van der Waals surface area (Å²) in [6, 6.07) is 4.11. The van der Waals surface area contributed by atoms with Crippen molar-refractivity contribution in [3.05, 3.63) is 42.2 Å². The number of hydrogen-bond donors (Lipinski definition) is 0. The van der Waals surface area contributed by atoms with Crippen molar-refractivity contribution in [3.63, 3.8) is 0 Å². The lowest BCUT2D eigenvalue weighted by Gasteiger charge is -2.34. The lowest BCUT2D eigenvalue weighted by molar-refractivity contribution is 0.0197. The van der Waals surface area contributed by atoms with E-state index in [0.717, 1.165) is 43.0 Å². The minimum Gasteiger partial charge on any atom is -0.444 e. The number of hydrogen-bond acceptors (Lipinski definition) is 4. The Morgan fingerprint density at radius 1 is 1.31 bits per heavy atom. The molecule has 1 aliphatic heterocycles. The van der Waals surface area contributed by atoms with Crippen molar-refractivity contribution in [2.75, 3.05) is 13.1 Å². The number of nitrogens with zero attached hydrogens (tertiary/aromatic N) is 4. The number of likely N-dealkylation sites (tertiary alicyclic amines) is 1. The van der Waals surface area contributed by atoms with Gasteiger partial charge < -0.3 is 14.2 Å². The first-order chi connectivity index (χ1) is 12.4. The summed E-state index contributed by atoms with van der Waals surface area (Å²) in [4.78, 5) is 23.2. The summed E-state index contributed by atoms with van der Waals surface area (Å²) in [5.41, 5.74) is 1.62. The fraction of sp³-hybridized carbons (Fsp3) is 0.550. The number of pyridine rings is 1. The summed E-state index contributed by atoms with van der Waals surface area (Å²) in [6.45, 7) is 9.18. The molecule has 26 heavy (non-hydrogen) atoms. The van der Waals surface area contributed by atoms with Gasteiger partial charge in [-0.05, 0) is 45.7 Å². The van der Waals surface area contributed by atoms with Gasteiger partial charge in [-0.1, -0.05) is 6.92 Å². The van der Waals surface area contributed by atoms with Gasteiger partial charge in [0.1, 0.15) is 11.4 Å². The lowest BCUT2D eigenvalue weighted by atomic mass is 9.94. The standard InChI is InChI=1S/C20H28N4O2/c1-5-18-22-10-12-24(18)16-8-9-21-17(13-16)15-7-6-11-23(14-15)19(25)26-20(2,3)4/h8-10,12-13,15H,5-7,11,14H2,1-4H3/t15-/m0/s1. The minimum absolute atomic E-state index is 0.227.